The Morgan fingerprint density at radius 2 is 1.67 bits per heavy atom. The molecule has 0 unspecified atom stereocenters. The standard InChI is InChI=1S/C11H21O6P/c1-10(12)17-8-6-4-5-7-11(13)9-18(14,15-2)16-3/h4-9H2,1-3H3. The highest BCUT2D eigenvalue weighted by Gasteiger charge is 2.24. The van der Waals surface area contributed by atoms with Crippen LogP contribution in [-0.4, -0.2) is 38.7 Å². The molecular weight excluding hydrogens is 259 g/mol. The van der Waals surface area contributed by atoms with Gasteiger partial charge in [-0.15, -0.1) is 0 Å². The maximum atomic E-state index is 11.6. The number of Topliss-reactive ketones (excluding diaryl/α,β-unsaturated/α-hetero) is 1. The topological polar surface area (TPSA) is 78.9 Å². The van der Waals surface area contributed by atoms with E-state index in [1.807, 2.05) is 0 Å². The van der Waals surface area contributed by atoms with E-state index in [4.69, 9.17) is 4.74 Å². The molecule has 0 spiro atoms. The molecule has 0 saturated carbocycles. The fourth-order valence-corrected chi connectivity index (χ4v) is 2.31. The van der Waals surface area contributed by atoms with E-state index >= 15 is 0 Å². The molecule has 0 aliphatic rings. The summed E-state index contributed by atoms with van der Waals surface area (Å²) < 4.78 is 25.8. The quantitative estimate of drug-likeness (QED) is 0.346. The molecule has 7 heteroatoms. The lowest BCUT2D eigenvalue weighted by Gasteiger charge is -2.12. The molecule has 0 radical (unpaired) electrons. The van der Waals surface area contributed by atoms with E-state index in [-0.39, 0.29) is 17.9 Å². The normalized spacial score (nSPS) is 11.3. The van der Waals surface area contributed by atoms with Gasteiger partial charge in [-0.05, 0) is 19.3 Å². The Bertz CT molecular complexity index is 307. The van der Waals surface area contributed by atoms with Gasteiger partial charge < -0.3 is 13.8 Å². The Morgan fingerprint density at radius 3 is 2.17 bits per heavy atom. The molecular formula is C11H21O6P. The van der Waals surface area contributed by atoms with Crippen molar-refractivity contribution in [1.82, 2.24) is 0 Å². The SMILES string of the molecule is COP(=O)(CC(=O)CCCCCOC(C)=O)OC. The van der Waals surface area contributed by atoms with Crippen molar-refractivity contribution in [2.24, 2.45) is 0 Å². The van der Waals surface area contributed by atoms with Crippen LogP contribution in [-0.2, 0) is 27.9 Å². The number of ether oxygens (including phenoxy) is 1. The first-order chi connectivity index (χ1) is 8.43. The van der Waals surface area contributed by atoms with Crippen molar-refractivity contribution in [3.8, 4) is 0 Å². The second-order valence-corrected chi connectivity index (χ2v) is 6.09. The van der Waals surface area contributed by atoms with Crippen molar-refractivity contribution in [1.29, 1.82) is 0 Å². The van der Waals surface area contributed by atoms with E-state index in [1.165, 1.54) is 21.1 Å². The van der Waals surface area contributed by atoms with Crippen LogP contribution < -0.4 is 0 Å². The van der Waals surface area contributed by atoms with Gasteiger partial charge in [-0.2, -0.15) is 0 Å². The van der Waals surface area contributed by atoms with Gasteiger partial charge in [0.15, 0.2) is 0 Å². The highest BCUT2D eigenvalue weighted by atomic mass is 31.2. The number of carbonyl (C=O) groups is 2. The van der Waals surface area contributed by atoms with Gasteiger partial charge in [0.2, 0.25) is 0 Å². The number of hydrogen-bond acceptors (Lipinski definition) is 6. The Hall–Kier alpha value is -0.710. The van der Waals surface area contributed by atoms with Crippen LogP contribution in [0.2, 0.25) is 0 Å². The molecule has 0 aromatic rings. The van der Waals surface area contributed by atoms with Crippen molar-refractivity contribution in [2.45, 2.75) is 32.6 Å². The van der Waals surface area contributed by atoms with Gasteiger partial charge in [0, 0.05) is 27.6 Å². The third kappa shape index (κ3) is 8.39. The molecule has 0 N–H and O–H groups in total. The molecule has 0 bridgehead atoms. The lowest BCUT2D eigenvalue weighted by Crippen LogP contribution is -2.08. The van der Waals surface area contributed by atoms with E-state index in [0.717, 1.165) is 12.8 Å². The monoisotopic (exact) mass is 280 g/mol. The van der Waals surface area contributed by atoms with Gasteiger partial charge >= 0.3 is 13.6 Å². The van der Waals surface area contributed by atoms with Crippen LogP contribution in [0, 0.1) is 0 Å². The van der Waals surface area contributed by atoms with Crippen molar-refractivity contribution < 1.29 is 27.9 Å². The van der Waals surface area contributed by atoms with Crippen LogP contribution in [0.5, 0.6) is 0 Å². The first kappa shape index (κ1) is 17.3. The van der Waals surface area contributed by atoms with E-state index in [1.54, 1.807) is 0 Å². The van der Waals surface area contributed by atoms with Crippen molar-refractivity contribution in [3.63, 3.8) is 0 Å². The second-order valence-electron chi connectivity index (χ2n) is 3.82. The summed E-state index contributed by atoms with van der Waals surface area (Å²) in [6.45, 7) is 1.73. The summed E-state index contributed by atoms with van der Waals surface area (Å²) in [4.78, 5) is 22.0. The molecule has 18 heavy (non-hydrogen) atoms. The summed E-state index contributed by atoms with van der Waals surface area (Å²) in [5.41, 5.74) is 0. The lowest BCUT2D eigenvalue weighted by molar-refractivity contribution is -0.141. The molecule has 0 fully saturated rings. The average molecular weight is 280 g/mol. The summed E-state index contributed by atoms with van der Waals surface area (Å²) in [5, 5.41) is 0. The number of ketones is 1. The molecule has 0 rings (SSSR count). The van der Waals surface area contributed by atoms with Crippen LogP contribution in [0.15, 0.2) is 0 Å². The Balaban J connectivity index is 3.66. The van der Waals surface area contributed by atoms with Gasteiger partial charge in [0.25, 0.3) is 0 Å². The molecule has 106 valence electrons. The fourth-order valence-electron chi connectivity index (χ4n) is 1.32. The first-order valence-electron chi connectivity index (χ1n) is 5.79. The molecule has 0 atom stereocenters. The zero-order valence-corrected chi connectivity index (χ0v) is 12.0. The van der Waals surface area contributed by atoms with Crippen LogP contribution in [0.25, 0.3) is 0 Å². The van der Waals surface area contributed by atoms with Crippen molar-refractivity contribution in [2.75, 3.05) is 27.0 Å². The summed E-state index contributed by atoms with van der Waals surface area (Å²) >= 11 is 0. The van der Waals surface area contributed by atoms with Crippen LogP contribution in [0.1, 0.15) is 32.6 Å². The first-order valence-corrected chi connectivity index (χ1v) is 7.52. The average Bonchev–Trinajstić information content (AvgIpc) is 2.33. The van der Waals surface area contributed by atoms with Crippen molar-refractivity contribution in [3.05, 3.63) is 0 Å². The predicted molar refractivity (Wildman–Crippen MR) is 66.6 cm³/mol. The van der Waals surface area contributed by atoms with Gasteiger partial charge in [-0.1, -0.05) is 0 Å². The number of carbonyl (C=O) groups excluding carboxylic acids is 2. The summed E-state index contributed by atoms with van der Waals surface area (Å²) in [7, 11) is -0.709. The molecule has 0 aromatic carbocycles. The minimum Gasteiger partial charge on any atom is -0.466 e. The van der Waals surface area contributed by atoms with Gasteiger partial charge in [-0.3, -0.25) is 14.2 Å². The smallest absolute Gasteiger partial charge is 0.337 e. The van der Waals surface area contributed by atoms with E-state index < -0.39 is 7.60 Å². The van der Waals surface area contributed by atoms with Gasteiger partial charge in [-0.25, -0.2) is 0 Å². The minimum absolute atomic E-state index is 0.144. The minimum atomic E-state index is -3.23. The summed E-state index contributed by atoms with van der Waals surface area (Å²) in [5.74, 6) is -0.443. The zero-order valence-electron chi connectivity index (χ0n) is 11.1. The molecule has 0 aliphatic carbocycles. The second kappa shape index (κ2) is 9.25. The maximum absolute atomic E-state index is 11.6. The predicted octanol–water partition coefficient (Wildman–Crippen LogP) is 2.16. The summed E-state index contributed by atoms with van der Waals surface area (Å²) in [6, 6.07) is 0. The van der Waals surface area contributed by atoms with E-state index in [2.05, 4.69) is 9.05 Å². The Labute approximate surface area is 108 Å². The van der Waals surface area contributed by atoms with Crippen LogP contribution in [0.3, 0.4) is 0 Å². The lowest BCUT2D eigenvalue weighted by atomic mass is 10.1. The van der Waals surface area contributed by atoms with Gasteiger partial charge in [0.1, 0.15) is 11.9 Å². The van der Waals surface area contributed by atoms with Crippen molar-refractivity contribution >= 4 is 19.3 Å². The highest BCUT2D eigenvalue weighted by Crippen LogP contribution is 2.46. The fraction of sp³-hybridized carbons (Fsp3) is 0.818. The number of esters is 1. The molecule has 0 amide bonds. The maximum Gasteiger partial charge on any atom is 0.337 e. The molecule has 0 aromatic heterocycles. The number of hydrogen-bond donors (Lipinski definition) is 0. The Kier molecular flexibility index (Phi) is 8.89. The Morgan fingerprint density at radius 1 is 1.06 bits per heavy atom. The summed E-state index contributed by atoms with van der Waals surface area (Å²) in [6.07, 6.45) is 2.32. The molecule has 6 nitrogen and oxygen atoms in total. The third-order valence-corrected chi connectivity index (χ3v) is 4.18. The van der Waals surface area contributed by atoms with Crippen LogP contribution in [0.4, 0.5) is 0 Å². The zero-order chi connectivity index (χ0) is 14.0. The molecule has 0 saturated heterocycles. The van der Waals surface area contributed by atoms with E-state index in [0.29, 0.717) is 19.4 Å². The molecule has 0 aliphatic heterocycles. The third-order valence-electron chi connectivity index (χ3n) is 2.33. The van der Waals surface area contributed by atoms with Crippen LogP contribution >= 0.6 is 7.60 Å². The highest BCUT2D eigenvalue weighted by molar-refractivity contribution is 7.54. The number of rotatable bonds is 10. The largest absolute Gasteiger partial charge is 0.466 e. The number of unbranched alkanes of at least 4 members (excludes halogenated alkanes) is 2. The molecule has 0 heterocycles. The van der Waals surface area contributed by atoms with Gasteiger partial charge in [0.05, 0.1) is 6.61 Å². The van der Waals surface area contributed by atoms with E-state index in [9.17, 15) is 14.2 Å².